The van der Waals surface area contributed by atoms with E-state index in [1.807, 2.05) is 61.2 Å². The molecule has 2 aromatic carbocycles. The molecule has 20 heteroatoms. The molecule has 0 amide bonds. The third-order valence-corrected chi connectivity index (χ3v) is 14.6. The number of rotatable bonds is 25. The fourth-order valence-corrected chi connectivity index (χ4v) is 10.6. The molecule has 61 heavy (non-hydrogen) atoms. The molecule has 0 aromatic heterocycles. The molecule has 2 aliphatic heterocycles. The Kier molecular flexibility index (Phi) is 16.9. The van der Waals surface area contributed by atoms with Crippen molar-refractivity contribution in [2.24, 2.45) is 0 Å². The van der Waals surface area contributed by atoms with Crippen molar-refractivity contribution < 1.29 is 66.4 Å². The van der Waals surface area contributed by atoms with Gasteiger partial charge in [0.1, 0.15) is 6.54 Å². The van der Waals surface area contributed by atoms with Gasteiger partial charge < -0.3 is 14.6 Å². The predicted molar refractivity (Wildman–Crippen MR) is 231 cm³/mol. The summed E-state index contributed by atoms with van der Waals surface area (Å²) in [5.74, 6) is -2.25. The van der Waals surface area contributed by atoms with Crippen LogP contribution in [-0.4, -0.2) is 104 Å². The molecule has 0 saturated carbocycles. The Labute approximate surface area is 359 Å². The number of nitrogens with zero attached hydrogens (tertiary/aromatic N) is 2. The monoisotopic (exact) mass is 928 g/mol. The van der Waals surface area contributed by atoms with Gasteiger partial charge in [-0.2, -0.15) is 29.8 Å². The molecule has 4 rings (SSSR count). The first-order valence-corrected chi connectivity index (χ1v) is 26.3. The number of unbranched alkanes of at least 4 members (excludes halogenated alkanes) is 5. The zero-order valence-electron chi connectivity index (χ0n) is 34.3. The maximum Gasteiger partial charge on any atom is 0.303 e. The number of aliphatic carboxylic acids is 1. The van der Waals surface area contributed by atoms with Crippen LogP contribution < -0.4 is 4.90 Å². The van der Waals surface area contributed by atoms with Crippen LogP contribution in [0.1, 0.15) is 102 Å². The summed E-state index contributed by atoms with van der Waals surface area (Å²) in [5, 5.41) is 9.16. The van der Waals surface area contributed by atoms with Gasteiger partial charge in [0.05, 0.1) is 31.9 Å². The average molecular weight is 929 g/mol. The first-order chi connectivity index (χ1) is 28.4. The number of carbonyl (C=O) groups is 1. The van der Waals surface area contributed by atoms with E-state index in [9.17, 15) is 56.7 Å². The molecule has 2 atom stereocenters. The van der Waals surface area contributed by atoms with Crippen LogP contribution in [0.25, 0.3) is 0 Å². The number of anilines is 1. The summed E-state index contributed by atoms with van der Waals surface area (Å²) in [7, 11) is -17.4. The average Bonchev–Trinajstić information content (AvgIpc) is 3.52. The number of para-hydroxylation sites is 1. The second kappa shape index (κ2) is 20.6. The van der Waals surface area contributed by atoms with Crippen LogP contribution in [0.3, 0.4) is 0 Å². The van der Waals surface area contributed by atoms with Crippen molar-refractivity contribution in [1.82, 2.24) is 0 Å². The summed E-state index contributed by atoms with van der Waals surface area (Å²) >= 11 is 0. The molecule has 0 saturated heterocycles. The lowest BCUT2D eigenvalue weighted by Gasteiger charge is -2.30. The molecule has 2 unspecified atom stereocenters. The van der Waals surface area contributed by atoms with Gasteiger partial charge in [-0.15, -0.1) is 0 Å². The van der Waals surface area contributed by atoms with Crippen molar-refractivity contribution in [3.63, 3.8) is 0 Å². The number of hydrogen-bond donors (Lipinski definition) is 4. The molecule has 16 nitrogen and oxygen atoms in total. The van der Waals surface area contributed by atoms with Crippen LogP contribution in [0, 0.1) is 0 Å². The molecular weight excluding hydrogens is 873 g/mol. The number of benzene rings is 2. The van der Waals surface area contributed by atoms with Crippen LogP contribution in [-0.2, 0) is 56.1 Å². The zero-order chi connectivity index (χ0) is 45.3. The molecule has 4 N–H and O–H groups in total. The number of carboxylic acid groups (broad SMARTS) is 1. The minimum absolute atomic E-state index is 0.0115. The Hall–Kier alpha value is -3.76. The van der Waals surface area contributed by atoms with Gasteiger partial charge >= 0.3 is 5.97 Å². The summed E-state index contributed by atoms with van der Waals surface area (Å²) in [6.45, 7) is 4.65. The second-order valence-corrected chi connectivity index (χ2v) is 22.1. The maximum atomic E-state index is 12.3. The topological polar surface area (TPSA) is 264 Å². The molecule has 2 aromatic rings. The molecule has 338 valence electrons. The van der Waals surface area contributed by atoms with Crippen molar-refractivity contribution in [3.05, 3.63) is 89.7 Å². The van der Waals surface area contributed by atoms with Gasteiger partial charge in [0.15, 0.2) is 5.71 Å². The van der Waals surface area contributed by atoms with Gasteiger partial charge in [0.25, 0.3) is 30.4 Å². The summed E-state index contributed by atoms with van der Waals surface area (Å²) in [6, 6.07) is 12.0. The highest BCUT2D eigenvalue weighted by Gasteiger charge is 2.47. The van der Waals surface area contributed by atoms with Crippen LogP contribution in [0.5, 0.6) is 0 Å². The Balaban J connectivity index is 1.76. The zero-order valence-corrected chi connectivity index (χ0v) is 37.6. The fraction of sp³-hybridized carbons (Fsp3) is 0.512. The number of allylic oxidation sites excluding steroid dienone is 6. The first kappa shape index (κ1) is 49.9. The molecule has 0 bridgehead atoms. The first-order valence-electron chi connectivity index (χ1n) is 20.1. The fourth-order valence-electron chi connectivity index (χ4n) is 8.37. The van der Waals surface area contributed by atoms with E-state index >= 15 is 0 Å². The normalized spacial score (nSPS) is 20.4. The van der Waals surface area contributed by atoms with E-state index in [-0.39, 0.29) is 42.9 Å². The van der Waals surface area contributed by atoms with E-state index < -0.39 is 68.8 Å². The van der Waals surface area contributed by atoms with Gasteiger partial charge in [-0.1, -0.05) is 55.7 Å². The summed E-state index contributed by atoms with van der Waals surface area (Å²) in [4.78, 5) is 12.8. The van der Waals surface area contributed by atoms with Crippen LogP contribution in [0.2, 0.25) is 0 Å². The maximum absolute atomic E-state index is 12.3. The van der Waals surface area contributed by atoms with E-state index in [2.05, 4.69) is 4.58 Å². The Morgan fingerprint density at radius 1 is 0.721 bits per heavy atom. The second-order valence-electron chi connectivity index (χ2n) is 16.0. The van der Waals surface area contributed by atoms with Crippen LogP contribution >= 0.6 is 0 Å². The number of hydrogen-bond acceptors (Lipinski definition) is 11. The third kappa shape index (κ3) is 14.1. The molecule has 0 radical (unpaired) electrons. The highest BCUT2D eigenvalue weighted by Crippen LogP contribution is 2.51. The van der Waals surface area contributed by atoms with Crippen molar-refractivity contribution in [1.29, 1.82) is 0 Å². The van der Waals surface area contributed by atoms with Crippen molar-refractivity contribution >= 4 is 63.5 Å². The highest BCUT2D eigenvalue weighted by molar-refractivity contribution is 7.86. The summed E-state index contributed by atoms with van der Waals surface area (Å²) in [6.07, 6.45) is 13.5. The smallest absolute Gasteiger partial charge is 0.303 e. The van der Waals surface area contributed by atoms with Gasteiger partial charge in [0, 0.05) is 59.6 Å². The largest absolute Gasteiger partial charge is 0.748 e. The van der Waals surface area contributed by atoms with Gasteiger partial charge in [0.2, 0.25) is 5.69 Å². The SMILES string of the molecule is CC1(CCCCS(=O)(=O)O)C(/C=C/C=C/C=C2/N(CCCCS(=O)(=O)[O-])c3ccc(S(=O)(=O)O)cc3C2(C)CCCCCC(=O)O)=[N+](CCCCS(=O)(=O)O)c2ccccc21. The van der Waals surface area contributed by atoms with E-state index in [0.717, 1.165) is 22.7 Å². The Morgan fingerprint density at radius 3 is 1.98 bits per heavy atom. The van der Waals surface area contributed by atoms with Crippen molar-refractivity contribution in [2.75, 3.05) is 35.2 Å². The van der Waals surface area contributed by atoms with E-state index in [1.165, 1.54) is 12.1 Å². The van der Waals surface area contributed by atoms with Crippen LogP contribution in [0.15, 0.2) is 83.4 Å². The van der Waals surface area contributed by atoms with E-state index in [4.69, 9.17) is 5.11 Å². The quantitative estimate of drug-likeness (QED) is 0.0377. The van der Waals surface area contributed by atoms with E-state index in [0.29, 0.717) is 69.2 Å². The predicted octanol–water partition coefficient (Wildman–Crippen LogP) is 6.15. The number of carboxylic acids is 1. The van der Waals surface area contributed by atoms with Gasteiger partial charge in [-0.05, 0) is 88.6 Å². The van der Waals surface area contributed by atoms with Crippen molar-refractivity contribution in [2.45, 2.75) is 107 Å². The molecule has 0 spiro atoms. The molecule has 0 fully saturated rings. The van der Waals surface area contributed by atoms with Gasteiger partial charge in [-0.25, -0.2) is 8.42 Å². The Morgan fingerprint density at radius 2 is 1.34 bits per heavy atom. The van der Waals surface area contributed by atoms with Crippen molar-refractivity contribution in [3.8, 4) is 0 Å². The molecular formula is C41H56N2O14S4. The van der Waals surface area contributed by atoms with E-state index in [1.54, 1.807) is 18.2 Å². The minimum atomic E-state index is -4.59. The lowest BCUT2D eigenvalue weighted by atomic mass is 9.75. The molecule has 2 aliphatic rings. The summed E-state index contributed by atoms with van der Waals surface area (Å²) < 4.78 is 135. The lowest BCUT2D eigenvalue weighted by Crippen LogP contribution is -2.31. The van der Waals surface area contributed by atoms with Gasteiger partial charge in [-0.3, -0.25) is 18.5 Å². The number of fused-ring (bicyclic) bond motifs is 2. The molecule has 0 aliphatic carbocycles. The lowest BCUT2D eigenvalue weighted by molar-refractivity contribution is -0.438. The Bertz CT molecular complexity index is 2500. The standard InChI is InChI=1S/C41H56N2O14S4/c1-40(25-11-14-28-58(46,47)48)33-17-8-9-18-35(33)42(26-12-15-29-59(49,50)51)37(40)19-5-3-6-20-38-41(2,24-10-4-7-21-39(44)45)34-31-32(61(55,56)57)22-23-36(34)43(38)27-13-16-30-60(52,53)54/h3,5-6,8-9,17-20,22-23,31H,4,7,10-16,21,24-30H2,1-2H3,(H4-,44,45,46,47,48,49,50,51,52,53,54,55,56,57). The highest BCUT2D eigenvalue weighted by atomic mass is 32.2. The van der Waals surface area contributed by atoms with Crippen LogP contribution in [0.4, 0.5) is 11.4 Å². The molecule has 2 heterocycles. The summed E-state index contributed by atoms with van der Waals surface area (Å²) in [5.41, 5.74) is 3.23. The third-order valence-electron chi connectivity index (χ3n) is 11.3. The minimum Gasteiger partial charge on any atom is -0.748 e.